The fourth-order valence-corrected chi connectivity index (χ4v) is 5.18. The Morgan fingerprint density at radius 1 is 1.28 bits per heavy atom. The van der Waals surface area contributed by atoms with Crippen LogP contribution >= 0.6 is 22.9 Å². The van der Waals surface area contributed by atoms with Gasteiger partial charge in [-0.15, -0.1) is 0 Å². The third kappa shape index (κ3) is 4.83. The van der Waals surface area contributed by atoms with E-state index < -0.39 is 0 Å². The summed E-state index contributed by atoms with van der Waals surface area (Å²) in [7, 11) is 0. The summed E-state index contributed by atoms with van der Waals surface area (Å²) >= 11 is 7.85. The molecule has 7 nitrogen and oxygen atoms in total. The molecular weight excluding hydrogens is 446 g/mol. The number of anilines is 1. The molecule has 1 saturated heterocycles. The maximum atomic E-state index is 13.8. The molecule has 0 spiro atoms. The minimum Gasteiger partial charge on any atom is -0.379 e. The molecule has 0 radical (unpaired) electrons. The number of hydrogen-bond donors (Lipinski definition) is 0. The Kier molecular flexibility index (Phi) is 7.14. The zero-order valence-electron chi connectivity index (χ0n) is 19.1. The maximum absolute atomic E-state index is 13.8. The van der Waals surface area contributed by atoms with E-state index in [1.54, 1.807) is 0 Å². The van der Waals surface area contributed by atoms with E-state index in [1.165, 1.54) is 11.3 Å². The predicted molar refractivity (Wildman–Crippen MR) is 130 cm³/mol. The third-order valence-corrected chi connectivity index (χ3v) is 7.19. The highest BCUT2D eigenvalue weighted by Crippen LogP contribution is 2.34. The van der Waals surface area contributed by atoms with Crippen LogP contribution in [0.5, 0.6) is 0 Å². The number of rotatable bonds is 7. The second-order valence-corrected chi connectivity index (χ2v) is 9.91. The number of nitrogens with zero attached hydrogens (tertiary/aromatic N) is 5. The monoisotopic (exact) mass is 475 g/mol. The Labute approximate surface area is 197 Å². The molecule has 0 aliphatic carbocycles. The number of carbonyl (C=O) groups excluding carboxylic acids is 1. The third-order valence-electron chi connectivity index (χ3n) is 5.74. The van der Waals surface area contributed by atoms with Gasteiger partial charge in [0, 0.05) is 37.2 Å². The number of benzene rings is 1. The minimum atomic E-state index is -0.0657. The summed E-state index contributed by atoms with van der Waals surface area (Å²) in [5, 5.41) is 5.93. The van der Waals surface area contributed by atoms with Gasteiger partial charge in [-0.25, -0.2) is 4.98 Å². The Morgan fingerprint density at radius 2 is 2.03 bits per heavy atom. The fraction of sp³-hybridized carbons (Fsp3) is 0.522. The van der Waals surface area contributed by atoms with Crippen molar-refractivity contribution in [3.63, 3.8) is 0 Å². The zero-order chi connectivity index (χ0) is 22.8. The highest BCUT2D eigenvalue weighted by atomic mass is 35.5. The fourth-order valence-electron chi connectivity index (χ4n) is 3.97. The summed E-state index contributed by atoms with van der Waals surface area (Å²) in [4.78, 5) is 22.8. The molecule has 32 heavy (non-hydrogen) atoms. The Bertz CT molecular complexity index is 1100. The zero-order valence-corrected chi connectivity index (χ0v) is 20.7. The first-order chi connectivity index (χ1) is 15.3. The van der Waals surface area contributed by atoms with E-state index in [2.05, 4.69) is 10.00 Å². The second kappa shape index (κ2) is 9.87. The van der Waals surface area contributed by atoms with Crippen LogP contribution in [0.3, 0.4) is 0 Å². The molecule has 0 unspecified atom stereocenters. The van der Waals surface area contributed by atoms with Gasteiger partial charge in [-0.3, -0.25) is 19.3 Å². The van der Waals surface area contributed by atoms with Crippen LogP contribution in [0.15, 0.2) is 18.2 Å². The van der Waals surface area contributed by atoms with Gasteiger partial charge < -0.3 is 4.74 Å². The first-order valence-corrected chi connectivity index (χ1v) is 12.3. The number of thiazole rings is 1. The molecular formula is C23H30ClN5O2S. The Hall–Kier alpha value is -2.00. The van der Waals surface area contributed by atoms with E-state index in [-0.39, 0.29) is 11.9 Å². The van der Waals surface area contributed by atoms with Crippen LogP contribution in [0, 0.1) is 13.8 Å². The van der Waals surface area contributed by atoms with E-state index in [1.807, 2.05) is 55.5 Å². The number of halogens is 1. The smallest absolute Gasteiger partial charge is 0.278 e. The van der Waals surface area contributed by atoms with Gasteiger partial charge in [-0.05, 0) is 57.9 Å². The Balaban J connectivity index is 1.65. The molecule has 1 fully saturated rings. The van der Waals surface area contributed by atoms with Gasteiger partial charge in [-0.1, -0.05) is 22.9 Å². The lowest BCUT2D eigenvalue weighted by Crippen LogP contribution is -2.39. The molecule has 4 rings (SSSR count). The SMILES string of the molecule is Cc1cc(C(=O)N(CCCN2CCOCC2)c2nc3c(C)c(Cl)ccc3s2)n(C(C)C)n1. The number of amides is 1. The number of aromatic nitrogens is 3. The van der Waals surface area contributed by atoms with Crippen molar-refractivity contribution in [2.75, 3.05) is 44.3 Å². The molecule has 0 N–H and O–H groups in total. The van der Waals surface area contributed by atoms with Gasteiger partial charge in [-0.2, -0.15) is 5.10 Å². The van der Waals surface area contributed by atoms with Crippen molar-refractivity contribution in [1.82, 2.24) is 19.7 Å². The minimum absolute atomic E-state index is 0.0657. The summed E-state index contributed by atoms with van der Waals surface area (Å²) in [5.74, 6) is -0.0657. The first-order valence-electron chi connectivity index (χ1n) is 11.1. The number of carbonyl (C=O) groups is 1. The maximum Gasteiger partial charge on any atom is 0.278 e. The first kappa shape index (κ1) is 23.2. The van der Waals surface area contributed by atoms with Gasteiger partial charge >= 0.3 is 0 Å². The highest BCUT2D eigenvalue weighted by molar-refractivity contribution is 7.22. The van der Waals surface area contributed by atoms with E-state index in [9.17, 15) is 4.79 Å². The van der Waals surface area contributed by atoms with Crippen LogP contribution in [0.25, 0.3) is 10.2 Å². The molecule has 1 amide bonds. The number of morpholine rings is 1. The largest absolute Gasteiger partial charge is 0.379 e. The summed E-state index contributed by atoms with van der Waals surface area (Å²) in [6.07, 6.45) is 0.857. The number of fused-ring (bicyclic) bond motifs is 1. The van der Waals surface area contributed by atoms with Gasteiger partial charge in [0.15, 0.2) is 5.13 Å². The van der Waals surface area contributed by atoms with Crippen LogP contribution in [0.1, 0.15) is 48.1 Å². The molecule has 2 aromatic heterocycles. The summed E-state index contributed by atoms with van der Waals surface area (Å²) in [6, 6.07) is 5.83. The highest BCUT2D eigenvalue weighted by Gasteiger charge is 2.26. The average Bonchev–Trinajstić information content (AvgIpc) is 3.38. The van der Waals surface area contributed by atoms with E-state index >= 15 is 0 Å². The second-order valence-electron chi connectivity index (χ2n) is 8.49. The lowest BCUT2D eigenvalue weighted by atomic mass is 10.2. The quantitative estimate of drug-likeness (QED) is 0.495. The molecule has 9 heteroatoms. The predicted octanol–water partition coefficient (Wildman–Crippen LogP) is 4.71. The van der Waals surface area contributed by atoms with Gasteiger partial charge in [0.2, 0.25) is 0 Å². The van der Waals surface area contributed by atoms with Gasteiger partial charge in [0.25, 0.3) is 5.91 Å². The molecule has 1 aliphatic heterocycles. The van der Waals surface area contributed by atoms with Crippen LogP contribution in [0.2, 0.25) is 5.02 Å². The lowest BCUT2D eigenvalue weighted by molar-refractivity contribution is 0.0376. The van der Waals surface area contributed by atoms with Crippen molar-refractivity contribution in [2.45, 2.75) is 40.2 Å². The normalized spacial score (nSPS) is 15.1. The van der Waals surface area contributed by atoms with Crippen LogP contribution in [0.4, 0.5) is 5.13 Å². The van der Waals surface area contributed by atoms with E-state index in [4.69, 9.17) is 21.3 Å². The van der Waals surface area contributed by atoms with Crippen molar-refractivity contribution < 1.29 is 9.53 Å². The molecule has 172 valence electrons. The van der Waals surface area contributed by atoms with Crippen LogP contribution in [-0.4, -0.2) is 65.0 Å². The molecule has 0 saturated carbocycles. The number of hydrogen-bond acceptors (Lipinski definition) is 6. The Morgan fingerprint density at radius 3 is 2.75 bits per heavy atom. The summed E-state index contributed by atoms with van der Waals surface area (Å²) in [5.41, 5.74) is 3.23. The molecule has 0 bridgehead atoms. The van der Waals surface area contributed by atoms with Crippen LogP contribution < -0.4 is 4.90 Å². The molecule has 1 aromatic carbocycles. The molecule has 3 heterocycles. The van der Waals surface area contributed by atoms with E-state index in [0.717, 1.165) is 60.7 Å². The number of aryl methyl sites for hydroxylation is 2. The summed E-state index contributed by atoms with van der Waals surface area (Å²) in [6.45, 7) is 12.9. The average molecular weight is 476 g/mol. The van der Waals surface area contributed by atoms with Gasteiger partial charge in [0.05, 0.1) is 29.1 Å². The van der Waals surface area contributed by atoms with Crippen molar-refractivity contribution in [3.8, 4) is 0 Å². The van der Waals surface area contributed by atoms with Crippen molar-refractivity contribution in [1.29, 1.82) is 0 Å². The standard InChI is InChI=1S/C23H30ClN5O2S/c1-15(2)29-19(14-16(3)26-29)22(30)28(9-5-8-27-10-12-31-13-11-27)23-25-21-17(4)18(24)6-7-20(21)32-23/h6-7,14-15H,5,8-13H2,1-4H3. The van der Waals surface area contributed by atoms with Crippen molar-refractivity contribution in [2.24, 2.45) is 0 Å². The van der Waals surface area contributed by atoms with E-state index in [0.29, 0.717) is 22.4 Å². The lowest BCUT2D eigenvalue weighted by Gasteiger charge is -2.28. The van der Waals surface area contributed by atoms with Gasteiger partial charge in [0.1, 0.15) is 5.69 Å². The molecule has 0 atom stereocenters. The molecule has 1 aliphatic rings. The van der Waals surface area contributed by atoms with Crippen molar-refractivity contribution in [3.05, 3.63) is 40.2 Å². The van der Waals surface area contributed by atoms with Crippen molar-refractivity contribution >= 4 is 44.2 Å². The number of ether oxygens (including phenoxy) is 1. The van der Waals surface area contributed by atoms with Crippen LogP contribution in [-0.2, 0) is 4.74 Å². The topological polar surface area (TPSA) is 63.5 Å². The summed E-state index contributed by atoms with van der Waals surface area (Å²) < 4.78 is 8.29. The molecule has 3 aromatic rings.